The summed E-state index contributed by atoms with van der Waals surface area (Å²) in [5.74, 6) is -0.154. The molecule has 0 unspecified atom stereocenters. The molecule has 0 bridgehead atoms. The number of halogens is 2. The molecule has 1 aliphatic heterocycles. The zero-order valence-corrected chi connectivity index (χ0v) is 8.57. The summed E-state index contributed by atoms with van der Waals surface area (Å²) in [4.78, 5) is 0. The van der Waals surface area contributed by atoms with E-state index in [1.54, 1.807) is 6.07 Å². The first-order valence-corrected chi connectivity index (χ1v) is 4.92. The van der Waals surface area contributed by atoms with E-state index in [0.29, 0.717) is 5.56 Å². The predicted octanol–water partition coefficient (Wildman–Crippen LogP) is 2.57. The SMILES string of the molecule is Fc1ccc(Br)cc1C1=CCNC1. The molecule has 0 amide bonds. The maximum absolute atomic E-state index is 13.3. The zero-order valence-electron chi connectivity index (χ0n) is 6.98. The van der Waals surface area contributed by atoms with Crippen molar-refractivity contribution in [3.05, 3.63) is 40.1 Å². The molecule has 0 radical (unpaired) electrons. The maximum atomic E-state index is 13.3. The molecule has 0 atom stereocenters. The van der Waals surface area contributed by atoms with Crippen molar-refractivity contribution in [3.8, 4) is 0 Å². The molecule has 1 aromatic carbocycles. The van der Waals surface area contributed by atoms with Crippen molar-refractivity contribution < 1.29 is 4.39 Å². The smallest absolute Gasteiger partial charge is 0.130 e. The molecule has 2 rings (SSSR count). The molecule has 1 heterocycles. The van der Waals surface area contributed by atoms with E-state index in [9.17, 15) is 4.39 Å². The molecule has 68 valence electrons. The van der Waals surface area contributed by atoms with E-state index in [-0.39, 0.29) is 5.82 Å². The molecule has 0 saturated carbocycles. The predicted molar refractivity (Wildman–Crippen MR) is 54.9 cm³/mol. The van der Waals surface area contributed by atoms with Gasteiger partial charge in [-0.25, -0.2) is 4.39 Å². The van der Waals surface area contributed by atoms with Gasteiger partial charge in [0.15, 0.2) is 0 Å². The van der Waals surface area contributed by atoms with Gasteiger partial charge >= 0.3 is 0 Å². The Morgan fingerprint density at radius 2 is 2.23 bits per heavy atom. The Morgan fingerprint density at radius 1 is 1.38 bits per heavy atom. The van der Waals surface area contributed by atoms with Crippen molar-refractivity contribution in [2.24, 2.45) is 0 Å². The number of hydrogen-bond acceptors (Lipinski definition) is 1. The quantitative estimate of drug-likeness (QED) is 0.798. The summed E-state index contributed by atoms with van der Waals surface area (Å²) in [6.07, 6.45) is 2.02. The Bertz CT molecular complexity index is 360. The van der Waals surface area contributed by atoms with Crippen LogP contribution < -0.4 is 5.32 Å². The molecular formula is C10H9BrFN. The van der Waals surface area contributed by atoms with Gasteiger partial charge in [0.05, 0.1) is 0 Å². The molecule has 3 heteroatoms. The van der Waals surface area contributed by atoms with Gasteiger partial charge in [0, 0.05) is 23.1 Å². The van der Waals surface area contributed by atoms with E-state index in [2.05, 4.69) is 21.2 Å². The molecule has 0 aromatic heterocycles. The molecular weight excluding hydrogens is 233 g/mol. The lowest BCUT2D eigenvalue weighted by Gasteiger charge is -2.04. The van der Waals surface area contributed by atoms with Crippen molar-refractivity contribution in [2.45, 2.75) is 0 Å². The highest BCUT2D eigenvalue weighted by Gasteiger charge is 2.10. The van der Waals surface area contributed by atoms with Gasteiger partial charge in [0.2, 0.25) is 0 Å². The lowest BCUT2D eigenvalue weighted by Crippen LogP contribution is -2.08. The van der Waals surface area contributed by atoms with Crippen LogP contribution in [-0.2, 0) is 0 Å². The van der Waals surface area contributed by atoms with Gasteiger partial charge in [-0.1, -0.05) is 22.0 Å². The van der Waals surface area contributed by atoms with Crippen LogP contribution in [0.3, 0.4) is 0 Å². The van der Waals surface area contributed by atoms with Crippen LogP contribution in [0.4, 0.5) is 4.39 Å². The number of nitrogens with one attached hydrogen (secondary N) is 1. The normalized spacial score (nSPS) is 16.0. The number of hydrogen-bond donors (Lipinski definition) is 1. The summed E-state index contributed by atoms with van der Waals surface area (Å²) in [7, 11) is 0. The van der Waals surface area contributed by atoms with Gasteiger partial charge in [-0.2, -0.15) is 0 Å². The average Bonchev–Trinajstić information content (AvgIpc) is 2.61. The van der Waals surface area contributed by atoms with Crippen molar-refractivity contribution in [1.29, 1.82) is 0 Å². The number of benzene rings is 1. The maximum Gasteiger partial charge on any atom is 0.130 e. The van der Waals surface area contributed by atoms with Crippen molar-refractivity contribution in [2.75, 3.05) is 13.1 Å². The van der Waals surface area contributed by atoms with E-state index >= 15 is 0 Å². The van der Waals surface area contributed by atoms with Crippen LogP contribution in [-0.4, -0.2) is 13.1 Å². The van der Waals surface area contributed by atoms with Gasteiger partial charge < -0.3 is 5.32 Å². The standard InChI is InChI=1S/C10H9BrFN/c11-8-1-2-10(12)9(5-8)7-3-4-13-6-7/h1-3,5,13H,4,6H2. The van der Waals surface area contributed by atoms with Crippen LogP contribution in [0.1, 0.15) is 5.56 Å². The minimum atomic E-state index is -0.154. The Morgan fingerprint density at radius 3 is 2.92 bits per heavy atom. The van der Waals surface area contributed by atoms with Crippen LogP contribution >= 0.6 is 15.9 Å². The first-order valence-electron chi connectivity index (χ1n) is 4.12. The Balaban J connectivity index is 2.43. The van der Waals surface area contributed by atoms with E-state index in [0.717, 1.165) is 23.1 Å². The molecule has 13 heavy (non-hydrogen) atoms. The highest BCUT2D eigenvalue weighted by Crippen LogP contribution is 2.23. The monoisotopic (exact) mass is 241 g/mol. The molecule has 1 aliphatic rings. The van der Waals surface area contributed by atoms with Crippen molar-refractivity contribution in [3.63, 3.8) is 0 Å². The number of rotatable bonds is 1. The molecule has 0 saturated heterocycles. The van der Waals surface area contributed by atoms with E-state index in [4.69, 9.17) is 0 Å². The van der Waals surface area contributed by atoms with Crippen LogP contribution in [0.25, 0.3) is 5.57 Å². The van der Waals surface area contributed by atoms with Crippen molar-refractivity contribution in [1.82, 2.24) is 5.32 Å². The second kappa shape index (κ2) is 3.60. The van der Waals surface area contributed by atoms with Gasteiger partial charge in [0.1, 0.15) is 5.82 Å². The van der Waals surface area contributed by atoms with Gasteiger partial charge in [-0.15, -0.1) is 0 Å². The summed E-state index contributed by atoms with van der Waals surface area (Å²) in [6, 6.07) is 5.01. The summed E-state index contributed by atoms with van der Waals surface area (Å²) in [5, 5.41) is 3.14. The third-order valence-electron chi connectivity index (χ3n) is 2.08. The van der Waals surface area contributed by atoms with Crippen LogP contribution in [0, 0.1) is 5.82 Å². The van der Waals surface area contributed by atoms with E-state index in [1.807, 2.05) is 12.1 Å². The average molecular weight is 242 g/mol. The zero-order chi connectivity index (χ0) is 9.26. The van der Waals surface area contributed by atoms with Crippen LogP contribution in [0.2, 0.25) is 0 Å². The minimum Gasteiger partial charge on any atom is -0.309 e. The summed E-state index contributed by atoms with van der Waals surface area (Å²) < 4.78 is 14.2. The summed E-state index contributed by atoms with van der Waals surface area (Å²) >= 11 is 3.33. The molecule has 0 aliphatic carbocycles. The first-order chi connectivity index (χ1) is 6.27. The third-order valence-corrected chi connectivity index (χ3v) is 2.58. The van der Waals surface area contributed by atoms with Crippen molar-refractivity contribution >= 4 is 21.5 Å². The fourth-order valence-electron chi connectivity index (χ4n) is 1.42. The lowest BCUT2D eigenvalue weighted by atomic mass is 10.1. The lowest BCUT2D eigenvalue weighted by molar-refractivity contribution is 0.623. The second-order valence-electron chi connectivity index (χ2n) is 2.98. The van der Waals surface area contributed by atoms with E-state index in [1.165, 1.54) is 6.07 Å². The topological polar surface area (TPSA) is 12.0 Å². The van der Waals surface area contributed by atoms with Gasteiger partial charge in [0.25, 0.3) is 0 Å². The molecule has 1 nitrogen and oxygen atoms in total. The fourth-order valence-corrected chi connectivity index (χ4v) is 1.78. The molecule has 0 fully saturated rings. The Labute approximate surface area is 84.8 Å². The summed E-state index contributed by atoms with van der Waals surface area (Å²) in [6.45, 7) is 1.59. The molecule has 0 spiro atoms. The highest BCUT2D eigenvalue weighted by molar-refractivity contribution is 9.10. The molecule has 1 N–H and O–H groups in total. The van der Waals surface area contributed by atoms with Crippen LogP contribution in [0.5, 0.6) is 0 Å². The van der Waals surface area contributed by atoms with Gasteiger partial charge in [-0.05, 0) is 23.8 Å². The van der Waals surface area contributed by atoms with Crippen LogP contribution in [0.15, 0.2) is 28.7 Å². The Hall–Kier alpha value is -0.670. The summed E-state index contributed by atoms with van der Waals surface area (Å²) in [5.41, 5.74) is 1.73. The van der Waals surface area contributed by atoms with Gasteiger partial charge in [-0.3, -0.25) is 0 Å². The first kappa shape index (κ1) is 8.91. The second-order valence-corrected chi connectivity index (χ2v) is 3.90. The fraction of sp³-hybridized carbons (Fsp3) is 0.200. The minimum absolute atomic E-state index is 0.154. The molecule has 1 aromatic rings. The largest absolute Gasteiger partial charge is 0.309 e. The Kier molecular flexibility index (Phi) is 2.47. The third kappa shape index (κ3) is 1.81. The van der Waals surface area contributed by atoms with E-state index < -0.39 is 0 Å². The highest BCUT2D eigenvalue weighted by atomic mass is 79.9.